The average Bonchev–Trinajstić information content (AvgIpc) is 3.36. The van der Waals surface area contributed by atoms with Gasteiger partial charge in [-0.25, -0.2) is 4.98 Å². The standard InChI is InChI=1S/C19H13N3O4S2/c23-16(24)9-26-14-5-2-1-4-12(14)8-21-22-11-20-18-17(19(22)25)13(10-28-18)15-6-3-7-27-15/h1-8,10-11H,9H2,(H,23,24)/p-1/b21-8-. The number of nitrogens with zero attached hydrogens (tertiary/aromatic N) is 3. The number of thiophene rings is 2. The van der Waals surface area contributed by atoms with Gasteiger partial charge in [-0.05, 0) is 23.6 Å². The summed E-state index contributed by atoms with van der Waals surface area (Å²) in [5.41, 5.74) is 1.09. The Morgan fingerprint density at radius 2 is 2.11 bits per heavy atom. The molecule has 0 aliphatic rings. The second kappa shape index (κ2) is 7.75. The van der Waals surface area contributed by atoms with Gasteiger partial charge in [0.1, 0.15) is 23.5 Å². The predicted molar refractivity (Wildman–Crippen MR) is 107 cm³/mol. The van der Waals surface area contributed by atoms with Crippen molar-refractivity contribution in [2.24, 2.45) is 5.10 Å². The molecule has 0 amide bonds. The second-order valence-corrected chi connectivity index (χ2v) is 7.45. The van der Waals surface area contributed by atoms with Crippen molar-refractivity contribution >= 4 is 45.1 Å². The third kappa shape index (κ3) is 3.57. The molecular weight excluding hydrogens is 398 g/mol. The van der Waals surface area contributed by atoms with Crippen LogP contribution in [0, 0.1) is 0 Å². The van der Waals surface area contributed by atoms with Gasteiger partial charge < -0.3 is 14.6 Å². The molecule has 0 fully saturated rings. The molecule has 1 aromatic carbocycles. The lowest BCUT2D eigenvalue weighted by molar-refractivity contribution is -0.307. The number of fused-ring (bicyclic) bond motifs is 1. The molecule has 7 nitrogen and oxygen atoms in total. The summed E-state index contributed by atoms with van der Waals surface area (Å²) in [5, 5.41) is 19.2. The van der Waals surface area contributed by atoms with Crippen molar-refractivity contribution in [3.8, 4) is 16.2 Å². The van der Waals surface area contributed by atoms with Gasteiger partial charge in [0.05, 0.1) is 17.6 Å². The van der Waals surface area contributed by atoms with E-state index in [9.17, 15) is 14.7 Å². The van der Waals surface area contributed by atoms with Crippen molar-refractivity contribution in [1.29, 1.82) is 0 Å². The van der Waals surface area contributed by atoms with Crippen LogP contribution in [0.1, 0.15) is 5.56 Å². The smallest absolute Gasteiger partial charge is 0.283 e. The zero-order chi connectivity index (χ0) is 19.5. The molecule has 0 bridgehead atoms. The Morgan fingerprint density at radius 1 is 1.25 bits per heavy atom. The van der Waals surface area contributed by atoms with Crippen molar-refractivity contribution < 1.29 is 14.6 Å². The summed E-state index contributed by atoms with van der Waals surface area (Å²) in [6.45, 7) is -0.572. The maximum Gasteiger partial charge on any atom is 0.283 e. The zero-order valence-electron chi connectivity index (χ0n) is 14.3. The van der Waals surface area contributed by atoms with E-state index in [4.69, 9.17) is 4.74 Å². The number of rotatable bonds is 6. The Hall–Kier alpha value is -3.30. The van der Waals surface area contributed by atoms with E-state index >= 15 is 0 Å². The first-order valence-electron chi connectivity index (χ1n) is 8.12. The molecule has 0 radical (unpaired) electrons. The van der Waals surface area contributed by atoms with E-state index in [0.717, 1.165) is 15.1 Å². The number of ether oxygens (including phenoxy) is 1. The zero-order valence-corrected chi connectivity index (χ0v) is 15.9. The summed E-state index contributed by atoms with van der Waals surface area (Å²) in [4.78, 5) is 29.5. The van der Waals surface area contributed by atoms with Crippen LogP contribution in [-0.4, -0.2) is 28.5 Å². The van der Waals surface area contributed by atoms with Crippen LogP contribution in [0.5, 0.6) is 5.75 Å². The van der Waals surface area contributed by atoms with Crippen LogP contribution in [0.15, 0.2) is 63.4 Å². The molecule has 0 aliphatic heterocycles. The second-order valence-electron chi connectivity index (χ2n) is 5.64. The molecule has 9 heteroatoms. The number of para-hydroxylation sites is 1. The maximum absolute atomic E-state index is 12.9. The maximum atomic E-state index is 12.9. The van der Waals surface area contributed by atoms with E-state index in [0.29, 0.717) is 21.5 Å². The molecule has 0 atom stereocenters. The summed E-state index contributed by atoms with van der Waals surface area (Å²) in [7, 11) is 0. The number of aliphatic carboxylic acids is 1. The van der Waals surface area contributed by atoms with Crippen molar-refractivity contribution in [2.45, 2.75) is 0 Å². The molecule has 0 aliphatic carbocycles. The summed E-state index contributed by atoms with van der Waals surface area (Å²) < 4.78 is 6.34. The normalized spacial score (nSPS) is 11.3. The van der Waals surface area contributed by atoms with Crippen LogP contribution in [0.2, 0.25) is 0 Å². The van der Waals surface area contributed by atoms with Crippen LogP contribution in [0.3, 0.4) is 0 Å². The monoisotopic (exact) mass is 410 g/mol. The average molecular weight is 410 g/mol. The highest BCUT2D eigenvalue weighted by molar-refractivity contribution is 7.18. The summed E-state index contributed by atoms with van der Waals surface area (Å²) >= 11 is 2.96. The number of aromatic nitrogens is 2. The van der Waals surface area contributed by atoms with Gasteiger partial charge in [-0.3, -0.25) is 4.79 Å². The van der Waals surface area contributed by atoms with Gasteiger partial charge >= 0.3 is 0 Å². The minimum absolute atomic E-state index is 0.279. The minimum atomic E-state index is -1.32. The fourth-order valence-corrected chi connectivity index (χ4v) is 4.32. The third-order valence-corrected chi connectivity index (χ3v) is 5.64. The Bertz CT molecular complexity index is 1230. The number of hydrogen-bond donors (Lipinski definition) is 0. The Labute approximate surface area is 166 Å². The molecule has 140 valence electrons. The molecule has 4 aromatic rings. The van der Waals surface area contributed by atoms with Gasteiger partial charge in [0, 0.05) is 21.4 Å². The number of benzene rings is 1. The van der Waals surface area contributed by atoms with Crippen LogP contribution < -0.4 is 15.4 Å². The van der Waals surface area contributed by atoms with Gasteiger partial charge in [-0.1, -0.05) is 18.2 Å². The van der Waals surface area contributed by atoms with Crippen molar-refractivity contribution in [1.82, 2.24) is 9.66 Å². The van der Waals surface area contributed by atoms with Crippen LogP contribution in [-0.2, 0) is 4.79 Å². The van der Waals surface area contributed by atoms with Gasteiger partial charge in [0.15, 0.2) is 0 Å². The van der Waals surface area contributed by atoms with Crippen LogP contribution in [0.25, 0.3) is 20.7 Å². The number of hydrogen-bond acceptors (Lipinski definition) is 8. The topological polar surface area (TPSA) is 96.6 Å². The molecular formula is C19H12N3O4S2-. The Balaban J connectivity index is 1.71. The lowest BCUT2D eigenvalue weighted by Crippen LogP contribution is -2.29. The van der Waals surface area contributed by atoms with Gasteiger partial charge in [-0.2, -0.15) is 9.78 Å². The largest absolute Gasteiger partial charge is 0.546 e. The first-order chi connectivity index (χ1) is 13.6. The highest BCUT2D eigenvalue weighted by Crippen LogP contribution is 2.33. The number of carbonyl (C=O) groups is 1. The quantitative estimate of drug-likeness (QED) is 0.454. The van der Waals surface area contributed by atoms with E-state index in [1.54, 1.807) is 35.6 Å². The SMILES string of the molecule is O=C([O-])COc1ccccc1/C=N\n1cnc2scc(-c3cccs3)c2c1=O. The summed E-state index contributed by atoms with van der Waals surface area (Å²) in [5.74, 6) is -0.997. The first-order valence-corrected chi connectivity index (χ1v) is 9.88. The molecule has 0 saturated heterocycles. The molecule has 3 aromatic heterocycles. The van der Waals surface area contributed by atoms with E-state index in [2.05, 4.69) is 10.1 Å². The van der Waals surface area contributed by atoms with Crippen LogP contribution >= 0.6 is 22.7 Å². The fraction of sp³-hybridized carbons (Fsp3) is 0.0526. The lowest BCUT2D eigenvalue weighted by atomic mass is 10.2. The molecule has 0 unspecified atom stereocenters. The first kappa shape index (κ1) is 18.1. The molecule has 0 spiro atoms. The molecule has 3 heterocycles. The van der Waals surface area contributed by atoms with Crippen LogP contribution in [0.4, 0.5) is 0 Å². The molecule has 0 saturated carbocycles. The Kier molecular flexibility index (Phi) is 5.00. The van der Waals surface area contributed by atoms with Gasteiger partial charge in [-0.15, -0.1) is 22.7 Å². The lowest BCUT2D eigenvalue weighted by Gasteiger charge is -2.09. The van der Waals surface area contributed by atoms with E-state index < -0.39 is 12.6 Å². The number of carboxylic acid groups (broad SMARTS) is 1. The van der Waals surface area contributed by atoms with Gasteiger partial charge in [0.25, 0.3) is 5.56 Å². The van der Waals surface area contributed by atoms with Crippen molar-refractivity contribution in [2.75, 3.05) is 6.61 Å². The highest BCUT2D eigenvalue weighted by atomic mass is 32.1. The third-order valence-electron chi connectivity index (χ3n) is 3.85. The molecule has 4 rings (SSSR count). The summed E-state index contributed by atoms with van der Waals surface area (Å²) in [6.07, 6.45) is 2.79. The Morgan fingerprint density at radius 3 is 2.89 bits per heavy atom. The summed E-state index contributed by atoms with van der Waals surface area (Å²) in [6, 6.07) is 10.7. The molecule has 0 N–H and O–H groups in total. The molecule has 28 heavy (non-hydrogen) atoms. The number of carboxylic acids is 1. The van der Waals surface area contributed by atoms with E-state index in [-0.39, 0.29) is 5.56 Å². The minimum Gasteiger partial charge on any atom is -0.546 e. The number of carbonyl (C=O) groups excluding carboxylic acids is 1. The van der Waals surface area contributed by atoms with E-state index in [1.807, 2.05) is 22.9 Å². The van der Waals surface area contributed by atoms with E-state index in [1.165, 1.54) is 23.9 Å². The highest BCUT2D eigenvalue weighted by Gasteiger charge is 2.13. The van der Waals surface area contributed by atoms with Gasteiger partial charge in [0.2, 0.25) is 0 Å². The van der Waals surface area contributed by atoms with Crippen molar-refractivity contribution in [3.05, 3.63) is 69.4 Å². The van der Waals surface area contributed by atoms with Crippen molar-refractivity contribution in [3.63, 3.8) is 0 Å². The fourth-order valence-electron chi connectivity index (χ4n) is 2.60. The predicted octanol–water partition coefficient (Wildman–Crippen LogP) is 2.20.